The molecule has 164 valence electrons. The van der Waals surface area contributed by atoms with Gasteiger partial charge in [-0.25, -0.2) is 14.1 Å². The van der Waals surface area contributed by atoms with Gasteiger partial charge in [0.05, 0.1) is 24.6 Å². The Bertz CT molecular complexity index is 1160. The number of imidazole rings is 1. The molecule has 1 saturated heterocycles. The highest BCUT2D eigenvalue weighted by molar-refractivity contribution is 5.92. The van der Waals surface area contributed by atoms with Crippen LogP contribution in [0.15, 0.2) is 23.1 Å². The number of halogens is 3. The molecule has 3 aromatic rings. The van der Waals surface area contributed by atoms with Gasteiger partial charge >= 0.3 is 6.18 Å². The zero-order chi connectivity index (χ0) is 22.4. The van der Waals surface area contributed by atoms with Crippen LogP contribution in [0.3, 0.4) is 0 Å². The highest BCUT2D eigenvalue weighted by atomic mass is 19.4. The van der Waals surface area contributed by atoms with E-state index < -0.39 is 36.0 Å². The normalized spacial score (nSPS) is 21.5. The third-order valence-corrected chi connectivity index (χ3v) is 4.96. The Morgan fingerprint density at radius 3 is 2.87 bits per heavy atom. The number of rotatable bonds is 5. The molecule has 0 radical (unpaired) electrons. The first-order valence-electron chi connectivity index (χ1n) is 9.12. The topological polar surface area (TPSA) is 153 Å². The summed E-state index contributed by atoms with van der Waals surface area (Å²) < 4.78 is 44.7. The van der Waals surface area contributed by atoms with Crippen molar-refractivity contribution in [1.82, 2.24) is 35.5 Å². The second-order valence-corrected chi connectivity index (χ2v) is 7.38. The van der Waals surface area contributed by atoms with Crippen molar-refractivity contribution < 1.29 is 27.4 Å². The summed E-state index contributed by atoms with van der Waals surface area (Å²) in [5.41, 5.74) is 6.00. The van der Waals surface area contributed by atoms with E-state index in [-0.39, 0.29) is 18.7 Å². The number of nitrogens with one attached hydrogen (secondary N) is 2. The fourth-order valence-corrected chi connectivity index (χ4v) is 3.36. The van der Waals surface area contributed by atoms with Crippen LogP contribution >= 0.6 is 0 Å². The summed E-state index contributed by atoms with van der Waals surface area (Å²) in [5.74, 6) is -1.35. The van der Waals surface area contributed by atoms with Gasteiger partial charge in [0.1, 0.15) is 17.3 Å². The van der Waals surface area contributed by atoms with E-state index in [4.69, 9.17) is 5.73 Å². The second-order valence-electron chi connectivity index (χ2n) is 7.38. The van der Waals surface area contributed by atoms with Crippen molar-refractivity contribution >= 4 is 17.5 Å². The van der Waals surface area contributed by atoms with Gasteiger partial charge in [-0.15, -0.1) is 0 Å². The minimum atomic E-state index is -4.57. The SMILES string of the molecule is Cc1nonc1C(=O)NCc1cn2ncc(CC3(N)CC(C(F)(F)F)NC3=O)cc2n1. The third kappa shape index (κ3) is 4.05. The van der Waals surface area contributed by atoms with Gasteiger partial charge in [0, 0.05) is 12.8 Å². The molecule has 0 saturated carbocycles. The van der Waals surface area contributed by atoms with Crippen LogP contribution in [0.25, 0.3) is 5.65 Å². The lowest BCUT2D eigenvalue weighted by Crippen LogP contribution is -2.48. The van der Waals surface area contributed by atoms with E-state index >= 15 is 0 Å². The summed E-state index contributed by atoms with van der Waals surface area (Å²) in [5, 5.41) is 15.7. The van der Waals surface area contributed by atoms with Crippen LogP contribution in [0.1, 0.15) is 33.9 Å². The Hall–Kier alpha value is -3.55. The molecular weight excluding hydrogens is 421 g/mol. The van der Waals surface area contributed by atoms with E-state index in [1.54, 1.807) is 19.2 Å². The minimum Gasteiger partial charge on any atom is -0.345 e. The molecule has 2 unspecified atom stereocenters. The quantitative estimate of drug-likeness (QED) is 0.505. The molecule has 14 heteroatoms. The molecule has 4 heterocycles. The number of carbonyl (C=O) groups is 2. The summed E-state index contributed by atoms with van der Waals surface area (Å²) in [7, 11) is 0. The second kappa shape index (κ2) is 7.30. The minimum absolute atomic E-state index is 0.0596. The van der Waals surface area contributed by atoms with E-state index in [0.717, 1.165) is 0 Å². The summed E-state index contributed by atoms with van der Waals surface area (Å²) in [6.07, 6.45) is -2.28. The van der Waals surface area contributed by atoms with E-state index in [9.17, 15) is 22.8 Å². The number of hydrogen-bond donors (Lipinski definition) is 3. The number of carbonyl (C=O) groups excluding carboxylic acids is 2. The molecule has 1 aliphatic heterocycles. The van der Waals surface area contributed by atoms with E-state index in [1.807, 2.05) is 5.32 Å². The van der Waals surface area contributed by atoms with E-state index in [1.165, 1.54) is 10.7 Å². The molecular formula is C17H17F3N8O3. The summed E-state index contributed by atoms with van der Waals surface area (Å²) in [6, 6.07) is -0.404. The Labute approximate surface area is 172 Å². The number of aromatic nitrogens is 5. The highest BCUT2D eigenvalue weighted by Crippen LogP contribution is 2.32. The molecule has 0 aliphatic carbocycles. The van der Waals surface area contributed by atoms with Gasteiger partial charge in [0.2, 0.25) is 5.91 Å². The number of hydrogen-bond acceptors (Lipinski definition) is 8. The first kappa shape index (κ1) is 20.7. The first-order valence-corrected chi connectivity index (χ1v) is 9.12. The smallest absolute Gasteiger partial charge is 0.345 e. The molecule has 0 aromatic carbocycles. The number of amides is 2. The van der Waals surface area contributed by atoms with Crippen molar-refractivity contribution in [1.29, 1.82) is 0 Å². The number of fused-ring (bicyclic) bond motifs is 1. The summed E-state index contributed by atoms with van der Waals surface area (Å²) in [4.78, 5) is 28.5. The highest BCUT2D eigenvalue weighted by Gasteiger charge is 2.53. The molecule has 2 atom stereocenters. The van der Waals surface area contributed by atoms with Gasteiger partial charge in [-0.2, -0.15) is 18.3 Å². The van der Waals surface area contributed by atoms with Crippen LogP contribution in [-0.4, -0.2) is 54.5 Å². The lowest BCUT2D eigenvalue weighted by atomic mass is 9.89. The Kier molecular flexibility index (Phi) is 4.88. The molecule has 1 fully saturated rings. The van der Waals surface area contributed by atoms with Gasteiger partial charge in [0.15, 0.2) is 11.3 Å². The van der Waals surface area contributed by atoms with Crippen LogP contribution < -0.4 is 16.4 Å². The lowest BCUT2D eigenvalue weighted by molar-refractivity contribution is -0.155. The van der Waals surface area contributed by atoms with Crippen molar-refractivity contribution in [2.24, 2.45) is 5.73 Å². The molecule has 4 N–H and O–H groups in total. The fraction of sp³-hybridized carbons (Fsp3) is 0.412. The van der Waals surface area contributed by atoms with Crippen molar-refractivity contribution in [3.8, 4) is 0 Å². The average Bonchev–Trinajstić information content (AvgIpc) is 3.37. The lowest BCUT2D eigenvalue weighted by Gasteiger charge is -2.21. The van der Waals surface area contributed by atoms with Crippen LogP contribution in [0.4, 0.5) is 13.2 Å². The molecule has 11 nitrogen and oxygen atoms in total. The van der Waals surface area contributed by atoms with Crippen molar-refractivity contribution in [3.63, 3.8) is 0 Å². The summed E-state index contributed by atoms with van der Waals surface area (Å²) in [6.45, 7) is 1.65. The number of nitrogens with two attached hydrogens (primary N) is 1. The van der Waals surface area contributed by atoms with Gasteiger partial charge < -0.3 is 16.4 Å². The van der Waals surface area contributed by atoms with Crippen molar-refractivity contribution in [3.05, 3.63) is 41.1 Å². The van der Waals surface area contributed by atoms with Crippen LogP contribution in [0.5, 0.6) is 0 Å². The molecule has 0 bridgehead atoms. The zero-order valence-electron chi connectivity index (χ0n) is 16.1. The molecule has 2 amide bonds. The molecule has 3 aromatic heterocycles. The zero-order valence-corrected chi connectivity index (χ0v) is 16.1. The Morgan fingerprint density at radius 1 is 1.45 bits per heavy atom. The number of aryl methyl sites for hydroxylation is 1. The van der Waals surface area contributed by atoms with Gasteiger partial charge in [-0.05, 0) is 23.7 Å². The first-order chi connectivity index (χ1) is 14.5. The van der Waals surface area contributed by atoms with Crippen LogP contribution in [0.2, 0.25) is 0 Å². The summed E-state index contributed by atoms with van der Waals surface area (Å²) >= 11 is 0. The average molecular weight is 438 g/mol. The van der Waals surface area contributed by atoms with Gasteiger partial charge in [0.25, 0.3) is 5.91 Å². The predicted octanol–water partition coefficient (Wildman–Crippen LogP) is 0.0415. The molecule has 4 rings (SSSR count). The van der Waals surface area contributed by atoms with E-state index in [0.29, 0.717) is 22.6 Å². The Balaban J connectivity index is 1.46. The Morgan fingerprint density at radius 2 is 2.23 bits per heavy atom. The maximum Gasteiger partial charge on any atom is 0.408 e. The maximum absolute atomic E-state index is 12.9. The largest absolute Gasteiger partial charge is 0.408 e. The van der Waals surface area contributed by atoms with Crippen molar-refractivity contribution in [2.45, 2.75) is 44.1 Å². The number of nitrogens with zero attached hydrogens (tertiary/aromatic N) is 5. The van der Waals surface area contributed by atoms with Gasteiger partial charge in [-0.3, -0.25) is 9.59 Å². The molecule has 1 aliphatic rings. The monoisotopic (exact) mass is 438 g/mol. The van der Waals surface area contributed by atoms with Crippen molar-refractivity contribution in [2.75, 3.05) is 0 Å². The van der Waals surface area contributed by atoms with E-state index in [2.05, 4.69) is 30.3 Å². The fourth-order valence-electron chi connectivity index (χ4n) is 3.36. The van der Waals surface area contributed by atoms with Crippen LogP contribution in [0, 0.1) is 6.92 Å². The van der Waals surface area contributed by atoms with Gasteiger partial charge in [-0.1, -0.05) is 5.16 Å². The van der Waals surface area contributed by atoms with Crippen LogP contribution in [-0.2, 0) is 17.8 Å². The maximum atomic E-state index is 12.9. The third-order valence-electron chi connectivity index (χ3n) is 4.96. The predicted molar refractivity (Wildman–Crippen MR) is 96.4 cm³/mol. The standard InChI is InChI=1S/C17H17F3N8O3/c1-8-13(27-31-26-8)14(29)22-6-10-7-28-12(24-10)2-9(5-23-28)3-16(21)4-11(17(18,19)20)25-15(16)30/h2,5,7,11H,3-4,6,21H2,1H3,(H,22,29)(H,25,30). The molecule has 31 heavy (non-hydrogen) atoms. The number of alkyl halides is 3. The molecule has 0 spiro atoms.